The molecular formula is C19H13F2N7O. The third-order valence-corrected chi connectivity index (χ3v) is 4.39. The summed E-state index contributed by atoms with van der Waals surface area (Å²) < 4.78 is 37.0. The zero-order valence-corrected chi connectivity index (χ0v) is 15.1. The lowest BCUT2D eigenvalue weighted by Crippen LogP contribution is -2.07. The van der Waals surface area contributed by atoms with Crippen molar-refractivity contribution in [3.8, 4) is 11.6 Å². The lowest BCUT2D eigenvalue weighted by Gasteiger charge is -2.13. The molecule has 8 nitrogen and oxygen atoms in total. The number of aryl methyl sites for hydroxylation is 1. The van der Waals surface area contributed by atoms with Crippen LogP contribution in [0.3, 0.4) is 0 Å². The molecule has 0 fully saturated rings. The number of hydrogen-bond donors (Lipinski definition) is 0. The summed E-state index contributed by atoms with van der Waals surface area (Å²) in [5, 5.41) is 12.1. The maximum atomic E-state index is 14.3. The van der Waals surface area contributed by atoms with Gasteiger partial charge in [-0.2, -0.15) is 14.8 Å². The maximum Gasteiger partial charge on any atom is 0.224 e. The molecule has 4 aromatic rings. The van der Waals surface area contributed by atoms with Crippen molar-refractivity contribution >= 4 is 16.7 Å². The van der Waals surface area contributed by atoms with Gasteiger partial charge in [0.15, 0.2) is 29.7 Å². The van der Waals surface area contributed by atoms with E-state index in [-0.39, 0.29) is 23.8 Å². The van der Waals surface area contributed by atoms with Crippen molar-refractivity contribution in [1.82, 2.24) is 34.7 Å². The van der Waals surface area contributed by atoms with Gasteiger partial charge >= 0.3 is 0 Å². The fraction of sp³-hybridized carbons (Fsp3) is 0.105. The number of allylic oxidation sites excluding steroid dienone is 4. The van der Waals surface area contributed by atoms with E-state index >= 15 is 0 Å². The van der Waals surface area contributed by atoms with Crippen LogP contribution in [0.4, 0.5) is 8.78 Å². The molecule has 144 valence electrons. The molecule has 3 aromatic heterocycles. The molecule has 5 rings (SSSR count). The van der Waals surface area contributed by atoms with E-state index < -0.39 is 11.6 Å². The average molecular weight is 393 g/mol. The second kappa shape index (κ2) is 6.59. The van der Waals surface area contributed by atoms with Crippen LogP contribution < -0.4 is 4.74 Å². The van der Waals surface area contributed by atoms with Crippen LogP contribution in [0, 0.1) is 11.6 Å². The van der Waals surface area contributed by atoms with Crippen LogP contribution >= 0.6 is 0 Å². The number of pyridine rings is 1. The van der Waals surface area contributed by atoms with Crippen LogP contribution in [-0.2, 0) is 13.7 Å². The number of nitrogens with zero attached hydrogens (tertiary/aromatic N) is 7. The van der Waals surface area contributed by atoms with Crippen LogP contribution in [0.15, 0.2) is 48.8 Å². The summed E-state index contributed by atoms with van der Waals surface area (Å²) in [6.45, 7) is 0.0823. The monoisotopic (exact) mass is 393 g/mol. The lowest BCUT2D eigenvalue weighted by molar-refractivity contribution is 0.283. The number of aromatic nitrogens is 7. The molecule has 0 radical (unpaired) electrons. The molecule has 0 amide bonds. The second-order valence-electron chi connectivity index (χ2n) is 6.36. The fourth-order valence-electron chi connectivity index (χ4n) is 2.96. The van der Waals surface area contributed by atoms with Gasteiger partial charge in [0.2, 0.25) is 5.88 Å². The van der Waals surface area contributed by atoms with Crippen LogP contribution in [0.1, 0.15) is 11.4 Å². The van der Waals surface area contributed by atoms with Gasteiger partial charge in [0.25, 0.3) is 0 Å². The predicted octanol–water partition coefficient (Wildman–Crippen LogP) is 2.75. The first-order valence-corrected chi connectivity index (χ1v) is 8.67. The molecule has 1 aliphatic carbocycles. The molecule has 1 aromatic carbocycles. The standard InChI is InChI=1S/C19H13F2N7O/c1-27-10-22-16(25-27)9-29-19-12(11-4-2-5-11)8-15-18(23-19)28(26-24-15)17-13(20)6-3-7-14(17)21/h2-8,10H,9H2,1H3. The van der Waals surface area contributed by atoms with Gasteiger partial charge in [0.1, 0.15) is 17.5 Å². The quantitative estimate of drug-likeness (QED) is 0.519. The molecule has 0 saturated carbocycles. The Kier molecular flexibility index (Phi) is 3.90. The van der Waals surface area contributed by atoms with Gasteiger partial charge in [-0.05, 0) is 23.8 Å². The first-order chi connectivity index (χ1) is 14.1. The van der Waals surface area contributed by atoms with Crippen LogP contribution in [0.25, 0.3) is 22.4 Å². The molecule has 10 heteroatoms. The van der Waals surface area contributed by atoms with E-state index in [9.17, 15) is 8.78 Å². The SMILES string of the molecule is Cn1cnc(COc2nc3c(cc2C2=CC=C2)nnn3-c2c(F)cccc2F)n1. The van der Waals surface area contributed by atoms with Gasteiger partial charge in [0.05, 0.1) is 0 Å². The van der Waals surface area contributed by atoms with Gasteiger partial charge in [-0.25, -0.2) is 13.8 Å². The topological polar surface area (TPSA) is 83.5 Å². The molecule has 0 spiro atoms. The molecular weight excluding hydrogens is 380 g/mol. The van der Waals surface area contributed by atoms with Crippen molar-refractivity contribution in [1.29, 1.82) is 0 Å². The Labute approximate surface area is 162 Å². The summed E-state index contributed by atoms with van der Waals surface area (Å²) in [6, 6.07) is 5.30. The highest BCUT2D eigenvalue weighted by atomic mass is 19.1. The van der Waals surface area contributed by atoms with Crippen molar-refractivity contribution in [2.75, 3.05) is 0 Å². The minimum atomic E-state index is -0.771. The average Bonchev–Trinajstić information content (AvgIpc) is 3.24. The first kappa shape index (κ1) is 17.2. The number of para-hydroxylation sites is 1. The van der Waals surface area contributed by atoms with Crippen molar-refractivity contribution < 1.29 is 13.5 Å². The molecule has 0 aliphatic heterocycles. The van der Waals surface area contributed by atoms with Crippen molar-refractivity contribution in [3.63, 3.8) is 0 Å². The van der Waals surface area contributed by atoms with Gasteiger partial charge in [-0.3, -0.25) is 4.68 Å². The van der Waals surface area contributed by atoms with E-state index in [0.29, 0.717) is 16.9 Å². The number of fused-ring (bicyclic) bond motifs is 1. The molecule has 0 bridgehead atoms. The molecule has 0 N–H and O–H groups in total. The lowest BCUT2D eigenvalue weighted by atomic mass is 10.0. The number of ether oxygens (including phenoxy) is 1. The zero-order chi connectivity index (χ0) is 20.0. The number of hydrogen-bond acceptors (Lipinski definition) is 6. The molecule has 0 saturated heterocycles. The summed E-state index contributed by atoms with van der Waals surface area (Å²) in [6.07, 6.45) is 7.24. The number of rotatable bonds is 5. The van der Waals surface area contributed by atoms with Crippen molar-refractivity contribution in [2.24, 2.45) is 7.05 Å². The van der Waals surface area contributed by atoms with Crippen molar-refractivity contribution in [2.45, 2.75) is 6.61 Å². The second-order valence-corrected chi connectivity index (χ2v) is 6.36. The third kappa shape index (κ3) is 2.94. The van der Waals surface area contributed by atoms with Gasteiger partial charge in [-0.15, -0.1) is 5.10 Å². The highest BCUT2D eigenvalue weighted by Gasteiger charge is 2.21. The first-order valence-electron chi connectivity index (χ1n) is 8.67. The van der Waals surface area contributed by atoms with E-state index in [2.05, 4.69) is 25.4 Å². The molecule has 0 unspecified atom stereocenters. The van der Waals surface area contributed by atoms with Gasteiger partial charge < -0.3 is 4.74 Å². The van der Waals surface area contributed by atoms with Gasteiger partial charge in [-0.1, -0.05) is 29.5 Å². The van der Waals surface area contributed by atoms with Crippen LogP contribution in [0.2, 0.25) is 0 Å². The Morgan fingerprint density at radius 1 is 1.17 bits per heavy atom. The fourth-order valence-corrected chi connectivity index (χ4v) is 2.96. The van der Waals surface area contributed by atoms with Crippen molar-refractivity contribution in [3.05, 3.63) is 71.8 Å². The van der Waals surface area contributed by atoms with Crippen LogP contribution in [-0.4, -0.2) is 34.7 Å². The summed E-state index contributed by atoms with van der Waals surface area (Å²) in [7, 11) is 1.75. The van der Waals surface area contributed by atoms with Crippen LogP contribution in [0.5, 0.6) is 5.88 Å². The number of benzene rings is 1. The largest absolute Gasteiger partial charge is 0.469 e. The normalized spacial score (nSPS) is 12.9. The maximum absolute atomic E-state index is 14.3. The Balaban J connectivity index is 1.62. The summed E-state index contributed by atoms with van der Waals surface area (Å²) in [5.74, 6) is -0.800. The highest BCUT2D eigenvalue weighted by Crippen LogP contribution is 2.32. The smallest absolute Gasteiger partial charge is 0.224 e. The molecule has 29 heavy (non-hydrogen) atoms. The molecule has 3 heterocycles. The molecule has 0 atom stereocenters. The summed E-state index contributed by atoms with van der Waals surface area (Å²) in [5.41, 5.74) is 1.79. The van der Waals surface area contributed by atoms with E-state index in [4.69, 9.17) is 4.74 Å². The van der Waals surface area contributed by atoms with E-state index in [1.54, 1.807) is 24.1 Å². The Bertz CT molecular complexity index is 1290. The van der Waals surface area contributed by atoms with E-state index in [1.165, 1.54) is 6.07 Å². The highest BCUT2D eigenvalue weighted by molar-refractivity contribution is 5.87. The Hall–Kier alpha value is -3.95. The minimum Gasteiger partial charge on any atom is -0.469 e. The van der Waals surface area contributed by atoms with Gasteiger partial charge in [0, 0.05) is 12.6 Å². The summed E-state index contributed by atoms with van der Waals surface area (Å²) >= 11 is 0. The number of halogens is 2. The predicted molar refractivity (Wildman–Crippen MR) is 99.0 cm³/mol. The van der Waals surface area contributed by atoms with E-state index in [1.807, 2.05) is 18.2 Å². The zero-order valence-electron chi connectivity index (χ0n) is 15.1. The van der Waals surface area contributed by atoms with E-state index in [0.717, 1.165) is 22.4 Å². The minimum absolute atomic E-state index is 0.0823. The third-order valence-electron chi connectivity index (χ3n) is 4.39. The summed E-state index contributed by atoms with van der Waals surface area (Å²) in [4.78, 5) is 8.59. The molecule has 1 aliphatic rings. The Morgan fingerprint density at radius 2 is 1.97 bits per heavy atom. The Morgan fingerprint density at radius 3 is 2.62 bits per heavy atom.